The quantitative estimate of drug-likeness (QED) is 0.659. The molecule has 0 spiro atoms. The van der Waals surface area contributed by atoms with Gasteiger partial charge in [0, 0.05) is 35.1 Å². The molecule has 1 aromatic heterocycles. The third kappa shape index (κ3) is 3.29. The molecule has 0 unspecified atom stereocenters. The van der Waals surface area contributed by atoms with Crippen LogP contribution in [0.5, 0.6) is 0 Å². The van der Waals surface area contributed by atoms with Gasteiger partial charge in [-0.15, -0.1) is 0 Å². The lowest BCUT2D eigenvalue weighted by molar-refractivity contribution is -0.384. The average Bonchev–Trinajstić information content (AvgIpc) is 2.88. The Bertz CT molecular complexity index is 612. The van der Waals surface area contributed by atoms with Gasteiger partial charge in [0.15, 0.2) is 0 Å². The summed E-state index contributed by atoms with van der Waals surface area (Å²) in [5.74, 6) is 0.131. The highest BCUT2D eigenvalue weighted by Crippen LogP contribution is 2.20. The number of hydrogen-bond acceptors (Lipinski definition) is 4. The minimum atomic E-state index is -0.602. The summed E-state index contributed by atoms with van der Waals surface area (Å²) in [5.41, 5.74) is -0.0959. The van der Waals surface area contributed by atoms with Crippen LogP contribution in [0.25, 0.3) is 0 Å². The van der Waals surface area contributed by atoms with Crippen LogP contribution in [0.15, 0.2) is 30.6 Å². The monoisotopic (exact) mass is 280 g/mol. The van der Waals surface area contributed by atoms with Crippen molar-refractivity contribution in [2.45, 2.75) is 6.54 Å². The molecule has 19 heavy (non-hydrogen) atoms. The molecular weight excluding hydrogens is 272 g/mol. The topological polar surface area (TPSA) is 101 Å². The maximum Gasteiger partial charge on any atom is 0.271 e. The minimum Gasteiger partial charge on any atom is -0.347 e. The number of amides is 1. The second-order valence-electron chi connectivity index (χ2n) is 3.67. The molecule has 0 bridgehead atoms. The lowest BCUT2D eigenvalue weighted by atomic mass is 10.2. The van der Waals surface area contributed by atoms with Gasteiger partial charge in [-0.3, -0.25) is 14.9 Å². The van der Waals surface area contributed by atoms with Crippen LogP contribution in [0, 0.1) is 10.1 Å². The molecule has 7 nitrogen and oxygen atoms in total. The lowest BCUT2D eigenvalue weighted by Crippen LogP contribution is -2.23. The van der Waals surface area contributed by atoms with Gasteiger partial charge in [0.25, 0.3) is 11.6 Å². The number of imidazole rings is 1. The van der Waals surface area contributed by atoms with Crippen molar-refractivity contribution in [2.75, 3.05) is 0 Å². The molecule has 1 amide bonds. The number of nitro benzene ring substituents is 1. The predicted octanol–water partition coefficient (Wildman–Crippen LogP) is 1.90. The SMILES string of the molecule is O=C(NCc1ncc[nH]1)c1cc(Cl)cc([N+](=O)[O-])c1. The first-order valence-corrected chi connectivity index (χ1v) is 5.65. The molecule has 0 fully saturated rings. The summed E-state index contributed by atoms with van der Waals surface area (Å²) in [4.78, 5) is 28.7. The molecule has 98 valence electrons. The normalized spacial score (nSPS) is 10.2. The Morgan fingerprint density at radius 2 is 2.26 bits per heavy atom. The molecule has 0 radical (unpaired) electrons. The summed E-state index contributed by atoms with van der Waals surface area (Å²) < 4.78 is 0. The summed E-state index contributed by atoms with van der Waals surface area (Å²) in [7, 11) is 0. The van der Waals surface area contributed by atoms with Crippen molar-refractivity contribution in [1.29, 1.82) is 0 Å². The fourth-order valence-corrected chi connectivity index (χ4v) is 1.70. The van der Waals surface area contributed by atoms with Crippen molar-refractivity contribution in [3.8, 4) is 0 Å². The number of non-ortho nitro benzene ring substituents is 1. The van der Waals surface area contributed by atoms with E-state index in [-0.39, 0.29) is 22.8 Å². The van der Waals surface area contributed by atoms with E-state index in [0.29, 0.717) is 5.82 Å². The molecule has 0 atom stereocenters. The van der Waals surface area contributed by atoms with Crippen molar-refractivity contribution in [3.05, 3.63) is 57.1 Å². The number of nitro groups is 1. The van der Waals surface area contributed by atoms with Crippen LogP contribution >= 0.6 is 11.6 Å². The fraction of sp³-hybridized carbons (Fsp3) is 0.0909. The first kappa shape index (κ1) is 13.0. The highest BCUT2D eigenvalue weighted by molar-refractivity contribution is 6.31. The Morgan fingerprint density at radius 1 is 1.47 bits per heavy atom. The van der Waals surface area contributed by atoms with E-state index in [1.54, 1.807) is 12.4 Å². The molecule has 0 aliphatic heterocycles. The van der Waals surface area contributed by atoms with E-state index in [1.807, 2.05) is 0 Å². The molecule has 0 saturated heterocycles. The van der Waals surface area contributed by atoms with E-state index in [0.717, 1.165) is 0 Å². The van der Waals surface area contributed by atoms with E-state index < -0.39 is 10.8 Å². The molecule has 2 aromatic rings. The summed E-state index contributed by atoms with van der Waals surface area (Å²) in [6.45, 7) is 0.201. The molecule has 2 N–H and O–H groups in total. The number of aromatic nitrogens is 2. The number of H-pyrrole nitrogens is 1. The largest absolute Gasteiger partial charge is 0.347 e. The van der Waals surface area contributed by atoms with Gasteiger partial charge in [0.2, 0.25) is 0 Å². The van der Waals surface area contributed by atoms with Crippen LogP contribution in [-0.4, -0.2) is 20.8 Å². The number of rotatable bonds is 4. The Balaban J connectivity index is 2.12. The fourth-order valence-electron chi connectivity index (χ4n) is 1.47. The maximum absolute atomic E-state index is 11.8. The van der Waals surface area contributed by atoms with E-state index in [1.165, 1.54) is 18.2 Å². The number of carbonyl (C=O) groups is 1. The van der Waals surface area contributed by atoms with Gasteiger partial charge in [0.05, 0.1) is 11.5 Å². The van der Waals surface area contributed by atoms with Gasteiger partial charge in [0.1, 0.15) is 5.82 Å². The Labute approximate surface area is 112 Å². The third-order valence-corrected chi connectivity index (χ3v) is 2.55. The first-order chi connectivity index (χ1) is 9.06. The summed E-state index contributed by atoms with van der Waals surface area (Å²) in [6.07, 6.45) is 3.19. The molecule has 0 aliphatic carbocycles. The Morgan fingerprint density at radius 3 is 2.89 bits per heavy atom. The van der Waals surface area contributed by atoms with E-state index in [9.17, 15) is 14.9 Å². The number of carbonyl (C=O) groups excluding carboxylic acids is 1. The van der Waals surface area contributed by atoms with Crippen LogP contribution in [-0.2, 0) is 6.54 Å². The third-order valence-electron chi connectivity index (χ3n) is 2.33. The van der Waals surface area contributed by atoms with Crippen LogP contribution in [0.2, 0.25) is 5.02 Å². The van der Waals surface area contributed by atoms with E-state index >= 15 is 0 Å². The molecule has 1 heterocycles. The molecule has 2 rings (SSSR count). The highest BCUT2D eigenvalue weighted by Gasteiger charge is 2.13. The zero-order chi connectivity index (χ0) is 13.8. The van der Waals surface area contributed by atoms with Gasteiger partial charge < -0.3 is 10.3 Å². The average molecular weight is 281 g/mol. The smallest absolute Gasteiger partial charge is 0.271 e. The number of benzene rings is 1. The Kier molecular flexibility index (Phi) is 3.76. The number of halogens is 1. The number of hydrogen-bond donors (Lipinski definition) is 2. The van der Waals surface area contributed by atoms with Crippen LogP contribution in [0.4, 0.5) is 5.69 Å². The first-order valence-electron chi connectivity index (χ1n) is 5.27. The van der Waals surface area contributed by atoms with Crippen LogP contribution in [0.1, 0.15) is 16.2 Å². The van der Waals surface area contributed by atoms with Gasteiger partial charge in [-0.2, -0.15) is 0 Å². The Hall–Kier alpha value is -2.41. The van der Waals surface area contributed by atoms with Gasteiger partial charge in [-0.1, -0.05) is 11.6 Å². The maximum atomic E-state index is 11.8. The van der Waals surface area contributed by atoms with Crippen molar-refractivity contribution >= 4 is 23.2 Å². The zero-order valence-electron chi connectivity index (χ0n) is 9.59. The van der Waals surface area contributed by atoms with Gasteiger partial charge in [-0.05, 0) is 6.07 Å². The molecule has 1 aromatic carbocycles. The van der Waals surface area contributed by atoms with E-state index in [2.05, 4.69) is 15.3 Å². The minimum absolute atomic E-state index is 0.130. The van der Waals surface area contributed by atoms with Crippen molar-refractivity contribution in [2.24, 2.45) is 0 Å². The molecule has 0 saturated carbocycles. The zero-order valence-corrected chi connectivity index (χ0v) is 10.3. The molecular formula is C11H9ClN4O3. The number of nitrogens with zero attached hydrogens (tertiary/aromatic N) is 2. The van der Waals surface area contributed by atoms with Crippen LogP contribution < -0.4 is 5.32 Å². The summed E-state index contributed by atoms with van der Waals surface area (Å²) in [6, 6.07) is 3.72. The van der Waals surface area contributed by atoms with Crippen molar-refractivity contribution in [3.63, 3.8) is 0 Å². The summed E-state index contributed by atoms with van der Waals surface area (Å²) >= 11 is 5.73. The van der Waals surface area contributed by atoms with Gasteiger partial charge in [-0.25, -0.2) is 4.98 Å². The predicted molar refractivity (Wildman–Crippen MR) is 67.9 cm³/mol. The van der Waals surface area contributed by atoms with E-state index in [4.69, 9.17) is 11.6 Å². The van der Waals surface area contributed by atoms with Gasteiger partial charge >= 0.3 is 0 Å². The van der Waals surface area contributed by atoms with Crippen molar-refractivity contribution < 1.29 is 9.72 Å². The summed E-state index contributed by atoms with van der Waals surface area (Å²) in [5, 5.41) is 13.4. The van der Waals surface area contributed by atoms with Crippen LogP contribution in [0.3, 0.4) is 0 Å². The molecule has 8 heteroatoms. The molecule has 0 aliphatic rings. The number of aromatic amines is 1. The number of nitrogens with one attached hydrogen (secondary N) is 2. The highest BCUT2D eigenvalue weighted by atomic mass is 35.5. The second kappa shape index (κ2) is 5.49. The van der Waals surface area contributed by atoms with Crippen molar-refractivity contribution in [1.82, 2.24) is 15.3 Å². The second-order valence-corrected chi connectivity index (χ2v) is 4.11. The lowest BCUT2D eigenvalue weighted by Gasteiger charge is -2.04. The standard InChI is InChI=1S/C11H9ClN4O3/c12-8-3-7(4-9(5-8)16(18)19)11(17)15-6-10-13-1-2-14-10/h1-5H,6H2,(H,13,14)(H,15,17).